The summed E-state index contributed by atoms with van der Waals surface area (Å²) in [6.07, 6.45) is 4.84. The predicted molar refractivity (Wildman–Crippen MR) is 66.2 cm³/mol. The highest BCUT2D eigenvalue weighted by molar-refractivity contribution is 5.91. The fourth-order valence-electron chi connectivity index (χ4n) is 2.47. The molecule has 2 rings (SSSR count). The molecular weight excluding hydrogens is 216 g/mol. The SMILES string of the molecule is CC1(C)CCC(Nc2cccnc2C(=O)O)C1. The van der Waals surface area contributed by atoms with Crippen LogP contribution >= 0.6 is 0 Å². The highest BCUT2D eigenvalue weighted by Gasteiger charge is 2.31. The van der Waals surface area contributed by atoms with Crippen LogP contribution in [-0.2, 0) is 0 Å². The third kappa shape index (κ3) is 2.75. The average molecular weight is 234 g/mol. The molecule has 0 spiro atoms. The maximum atomic E-state index is 11.0. The average Bonchev–Trinajstić information content (AvgIpc) is 2.58. The molecule has 1 atom stereocenters. The zero-order valence-corrected chi connectivity index (χ0v) is 10.2. The summed E-state index contributed by atoms with van der Waals surface area (Å²) < 4.78 is 0. The minimum absolute atomic E-state index is 0.109. The first-order valence-corrected chi connectivity index (χ1v) is 5.93. The highest BCUT2D eigenvalue weighted by atomic mass is 16.4. The van der Waals surface area contributed by atoms with E-state index in [0.717, 1.165) is 12.8 Å². The second-order valence-electron chi connectivity index (χ2n) is 5.45. The molecule has 1 heterocycles. The number of aromatic nitrogens is 1. The Morgan fingerprint density at radius 2 is 2.35 bits per heavy atom. The quantitative estimate of drug-likeness (QED) is 0.844. The lowest BCUT2D eigenvalue weighted by Gasteiger charge is -2.19. The van der Waals surface area contributed by atoms with Crippen LogP contribution in [0.2, 0.25) is 0 Å². The molecule has 1 aromatic heterocycles. The summed E-state index contributed by atoms with van der Waals surface area (Å²) >= 11 is 0. The van der Waals surface area contributed by atoms with Gasteiger partial charge in [0.1, 0.15) is 0 Å². The summed E-state index contributed by atoms with van der Waals surface area (Å²) in [4.78, 5) is 14.9. The minimum atomic E-state index is -0.981. The predicted octanol–water partition coefficient (Wildman–Crippen LogP) is 2.77. The van der Waals surface area contributed by atoms with Gasteiger partial charge in [-0.2, -0.15) is 0 Å². The van der Waals surface area contributed by atoms with Crippen LogP contribution in [0, 0.1) is 5.41 Å². The van der Waals surface area contributed by atoms with Gasteiger partial charge in [-0.15, -0.1) is 0 Å². The van der Waals surface area contributed by atoms with Gasteiger partial charge >= 0.3 is 5.97 Å². The molecule has 2 N–H and O–H groups in total. The molecule has 0 saturated heterocycles. The first kappa shape index (κ1) is 11.9. The van der Waals surface area contributed by atoms with E-state index in [-0.39, 0.29) is 5.69 Å². The van der Waals surface area contributed by atoms with Crippen LogP contribution in [0.4, 0.5) is 5.69 Å². The molecular formula is C13H18N2O2. The van der Waals surface area contributed by atoms with Gasteiger partial charge in [-0.3, -0.25) is 0 Å². The number of carboxylic acid groups (broad SMARTS) is 1. The Labute approximate surface area is 101 Å². The maximum absolute atomic E-state index is 11.0. The maximum Gasteiger partial charge on any atom is 0.356 e. The first-order valence-electron chi connectivity index (χ1n) is 5.93. The van der Waals surface area contributed by atoms with Gasteiger partial charge in [-0.25, -0.2) is 9.78 Å². The van der Waals surface area contributed by atoms with Crippen LogP contribution in [0.15, 0.2) is 18.3 Å². The van der Waals surface area contributed by atoms with E-state index in [0.29, 0.717) is 17.1 Å². The van der Waals surface area contributed by atoms with Crippen molar-refractivity contribution >= 4 is 11.7 Å². The number of hydrogen-bond donors (Lipinski definition) is 2. The fourth-order valence-corrected chi connectivity index (χ4v) is 2.47. The fraction of sp³-hybridized carbons (Fsp3) is 0.538. The number of nitrogens with one attached hydrogen (secondary N) is 1. The van der Waals surface area contributed by atoms with E-state index in [9.17, 15) is 4.79 Å². The molecule has 92 valence electrons. The van der Waals surface area contributed by atoms with E-state index in [1.807, 2.05) is 0 Å². The number of anilines is 1. The van der Waals surface area contributed by atoms with E-state index in [4.69, 9.17) is 5.11 Å². The Hall–Kier alpha value is -1.58. The summed E-state index contributed by atoms with van der Waals surface area (Å²) in [7, 11) is 0. The molecule has 0 aromatic carbocycles. The van der Waals surface area contributed by atoms with E-state index in [1.54, 1.807) is 12.1 Å². The third-order valence-corrected chi connectivity index (χ3v) is 3.34. The van der Waals surface area contributed by atoms with Gasteiger partial charge in [-0.05, 0) is 36.8 Å². The molecule has 17 heavy (non-hydrogen) atoms. The lowest BCUT2D eigenvalue weighted by Crippen LogP contribution is -2.19. The molecule has 4 nitrogen and oxygen atoms in total. The summed E-state index contributed by atoms with van der Waals surface area (Å²) in [6.45, 7) is 4.49. The molecule has 0 aliphatic heterocycles. The summed E-state index contributed by atoms with van der Waals surface area (Å²) in [5.74, 6) is -0.981. The second kappa shape index (κ2) is 4.35. The molecule has 1 unspecified atom stereocenters. The third-order valence-electron chi connectivity index (χ3n) is 3.34. The molecule has 1 aliphatic carbocycles. The highest BCUT2D eigenvalue weighted by Crippen LogP contribution is 2.38. The molecule has 0 radical (unpaired) electrons. The molecule has 4 heteroatoms. The van der Waals surface area contributed by atoms with Gasteiger partial charge < -0.3 is 10.4 Å². The van der Waals surface area contributed by atoms with Crippen molar-refractivity contribution < 1.29 is 9.90 Å². The molecule has 1 saturated carbocycles. The van der Waals surface area contributed by atoms with Crippen LogP contribution in [0.25, 0.3) is 0 Å². The molecule has 1 aliphatic rings. The number of aromatic carboxylic acids is 1. The summed E-state index contributed by atoms with van der Waals surface area (Å²) in [5.41, 5.74) is 1.09. The Bertz CT molecular complexity index is 429. The normalized spacial score (nSPS) is 22.4. The van der Waals surface area contributed by atoms with Crippen molar-refractivity contribution in [3.8, 4) is 0 Å². The van der Waals surface area contributed by atoms with E-state index in [2.05, 4.69) is 24.1 Å². The Balaban J connectivity index is 2.12. The van der Waals surface area contributed by atoms with Crippen LogP contribution in [0.1, 0.15) is 43.6 Å². The van der Waals surface area contributed by atoms with Gasteiger partial charge in [-0.1, -0.05) is 13.8 Å². The van der Waals surface area contributed by atoms with Crippen LogP contribution in [-0.4, -0.2) is 22.1 Å². The van der Waals surface area contributed by atoms with Crippen molar-refractivity contribution in [3.63, 3.8) is 0 Å². The number of pyridine rings is 1. The zero-order chi connectivity index (χ0) is 12.5. The van der Waals surface area contributed by atoms with Crippen molar-refractivity contribution in [2.24, 2.45) is 5.41 Å². The number of rotatable bonds is 3. The first-order chi connectivity index (χ1) is 7.98. The number of carbonyl (C=O) groups is 1. The van der Waals surface area contributed by atoms with Crippen molar-refractivity contribution in [2.75, 3.05) is 5.32 Å². The van der Waals surface area contributed by atoms with Crippen molar-refractivity contribution in [3.05, 3.63) is 24.0 Å². The number of carboxylic acids is 1. The summed E-state index contributed by atoms with van der Waals surface area (Å²) in [5, 5.41) is 12.3. The van der Waals surface area contributed by atoms with Gasteiger partial charge in [0, 0.05) is 12.2 Å². The Morgan fingerprint density at radius 1 is 1.59 bits per heavy atom. The monoisotopic (exact) mass is 234 g/mol. The molecule has 0 bridgehead atoms. The van der Waals surface area contributed by atoms with Crippen molar-refractivity contribution in [2.45, 2.75) is 39.2 Å². The van der Waals surface area contributed by atoms with Crippen LogP contribution in [0.5, 0.6) is 0 Å². The lowest BCUT2D eigenvalue weighted by atomic mass is 9.92. The second-order valence-corrected chi connectivity index (χ2v) is 5.45. The smallest absolute Gasteiger partial charge is 0.356 e. The largest absolute Gasteiger partial charge is 0.476 e. The number of hydrogen-bond acceptors (Lipinski definition) is 3. The van der Waals surface area contributed by atoms with Crippen LogP contribution in [0.3, 0.4) is 0 Å². The Morgan fingerprint density at radius 3 is 2.94 bits per heavy atom. The van der Waals surface area contributed by atoms with E-state index in [1.165, 1.54) is 12.6 Å². The molecule has 1 aromatic rings. The minimum Gasteiger partial charge on any atom is -0.476 e. The van der Waals surface area contributed by atoms with Gasteiger partial charge in [0.05, 0.1) is 5.69 Å². The van der Waals surface area contributed by atoms with E-state index >= 15 is 0 Å². The Kier molecular flexibility index (Phi) is 3.05. The van der Waals surface area contributed by atoms with Gasteiger partial charge in [0.15, 0.2) is 5.69 Å². The van der Waals surface area contributed by atoms with Crippen molar-refractivity contribution in [1.82, 2.24) is 4.98 Å². The van der Waals surface area contributed by atoms with Crippen molar-refractivity contribution in [1.29, 1.82) is 0 Å². The summed E-state index contributed by atoms with van der Waals surface area (Å²) in [6, 6.07) is 3.89. The topological polar surface area (TPSA) is 62.2 Å². The van der Waals surface area contributed by atoms with Gasteiger partial charge in [0.25, 0.3) is 0 Å². The van der Waals surface area contributed by atoms with Gasteiger partial charge in [0.2, 0.25) is 0 Å². The number of nitrogens with zero attached hydrogens (tertiary/aromatic N) is 1. The zero-order valence-electron chi connectivity index (χ0n) is 10.2. The van der Waals surface area contributed by atoms with E-state index < -0.39 is 5.97 Å². The molecule has 0 amide bonds. The van der Waals surface area contributed by atoms with Crippen LogP contribution < -0.4 is 5.32 Å². The molecule has 1 fully saturated rings. The standard InChI is InChI=1S/C13H18N2O2/c1-13(2)6-5-9(8-13)15-10-4-3-7-14-11(10)12(16)17/h3-4,7,9,15H,5-6,8H2,1-2H3,(H,16,17). The lowest BCUT2D eigenvalue weighted by molar-refractivity contribution is 0.0691.